The van der Waals surface area contributed by atoms with Gasteiger partial charge in [0.15, 0.2) is 0 Å². The van der Waals surface area contributed by atoms with E-state index in [1.807, 2.05) is 31.3 Å². The second-order valence-corrected chi connectivity index (χ2v) is 6.62. The quantitative estimate of drug-likeness (QED) is 0.879. The van der Waals surface area contributed by atoms with E-state index in [4.69, 9.17) is 0 Å². The van der Waals surface area contributed by atoms with Crippen LogP contribution in [0.5, 0.6) is 0 Å². The van der Waals surface area contributed by atoms with Crippen LogP contribution in [0.1, 0.15) is 34.5 Å². The van der Waals surface area contributed by atoms with Crippen molar-refractivity contribution in [3.05, 3.63) is 58.7 Å². The van der Waals surface area contributed by atoms with Gasteiger partial charge in [0.1, 0.15) is 0 Å². The molecule has 1 atom stereocenters. The van der Waals surface area contributed by atoms with Gasteiger partial charge in [0.2, 0.25) is 5.91 Å². The molecule has 1 unspecified atom stereocenters. The van der Waals surface area contributed by atoms with Crippen molar-refractivity contribution in [3.8, 4) is 0 Å². The van der Waals surface area contributed by atoms with Gasteiger partial charge in [-0.1, -0.05) is 0 Å². The van der Waals surface area contributed by atoms with Gasteiger partial charge >= 0.3 is 0 Å². The summed E-state index contributed by atoms with van der Waals surface area (Å²) in [6.45, 7) is 4.43. The van der Waals surface area contributed by atoms with Crippen molar-refractivity contribution in [1.29, 1.82) is 0 Å². The zero-order chi connectivity index (χ0) is 17.2. The first-order chi connectivity index (χ1) is 12.2. The fourth-order valence-corrected chi connectivity index (χ4v) is 3.40. The molecule has 0 spiro atoms. The normalized spacial score (nSPS) is 18.8. The fourth-order valence-electron chi connectivity index (χ4n) is 3.40. The van der Waals surface area contributed by atoms with E-state index in [2.05, 4.69) is 25.6 Å². The lowest BCUT2D eigenvalue weighted by Gasteiger charge is -2.11. The maximum Gasteiger partial charge on any atom is 0.226 e. The summed E-state index contributed by atoms with van der Waals surface area (Å²) in [7, 11) is 0. The number of pyridine rings is 2. The molecule has 6 heteroatoms. The third kappa shape index (κ3) is 3.44. The molecule has 6 nitrogen and oxygen atoms in total. The minimum absolute atomic E-state index is 0.0325. The lowest BCUT2D eigenvalue weighted by Crippen LogP contribution is -2.37. The zero-order valence-corrected chi connectivity index (χ0v) is 14.2. The van der Waals surface area contributed by atoms with E-state index < -0.39 is 0 Å². The standard InChI is InChI=1S/C19H21N5O/c1-12-6-13(2-5-21-12)19-17-11-22-16(7-14(17)9-23-19)8-18(25)24-15-3-4-20-10-15/h2,5-7,11,15,20H,3-4,8-10H2,1H3,(H,24,25). The lowest BCUT2D eigenvalue weighted by atomic mass is 10.0. The Labute approximate surface area is 146 Å². The average molecular weight is 335 g/mol. The molecule has 1 amide bonds. The van der Waals surface area contributed by atoms with Gasteiger partial charge < -0.3 is 10.6 Å². The van der Waals surface area contributed by atoms with Crippen LogP contribution in [0.4, 0.5) is 0 Å². The van der Waals surface area contributed by atoms with Crippen LogP contribution in [0.15, 0.2) is 35.6 Å². The van der Waals surface area contributed by atoms with Crippen LogP contribution in [0.3, 0.4) is 0 Å². The van der Waals surface area contributed by atoms with Crippen molar-refractivity contribution in [2.45, 2.75) is 32.4 Å². The van der Waals surface area contributed by atoms with Gasteiger partial charge in [-0.05, 0) is 43.7 Å². The minimum atomic E-state index is 0.0325. The molecule has 2 aliphatic rings. The number of rotatable bonds is 4. The molecule has 4 heterocycles. The Hall–Kier alpha value is -2.60. The van der Waals surface area contributed by atoms with Crippen LogP contribution in [0, 0.1) is 6.92 Å². The molecule has 2 aromatic rings. The van der Waals surface area contributed by atoms with Crippen molar-refractivity contribution < 1.29 is 4.79 Å². The maximum atomic E-state index is 12.2. The second-order valence-electron chi connectivity index (χ2n) is 6.62. The summed E-state index contributed by atoms with van der Waals surface area (Å²) < 4.78 is 0. The number of fused-ring (bicyclic) bond motifs is 1. The van der Waals surface area contributed by atoms with Crippen LogP contribution >= 0.6 is 0 Å². The van der Waals surface area contributed by atoms with E-state index in [9.17, 15) is 4.79 Å². The highest BCUT2D eigenvalue weighted by Crippen LogP contribution is 2.23. The molecule has 128 valence electrons. The molecule has 0 aromatic carbocycles. The number of nitrogens with zero attached hydrogens (tertiary/aromatic N) is 3. The molecule has 1 fully saturated rings. The van der Waals surface area contributed by atoms with Gasteiger partial charge in [-0.3, -0.25) is 19.8 Å². The largest absolute Gasteiger partial charge is 0.352 e. The number of carbonyl (C=O) groups excluding carboxylic acids is 1. The fraction of sp³-hybridized carbons (Fsp3) is 0.368. The Morgan fingerprint density at radius 3 is 3.08 bits per heavy atom. The number of aryl methyl sites for hydroxylation is 1. The molecule has 0 radical (unpaired) electrons. The van der Waals surface area contributed by atoms with Crippen molar-refractivity contribution >= 4 is 11.6 Å². The van der Waals surface area contributed by atoms with Crippen LogP contribution < -0.4 is 10.6 Å². The summed E-state index contributed by atoms with van der Waals surface area (Å²) in [4.78, 5) is 25.6. The van der Waals surface area contributed by atoms with E-state index in [-0.39, 0.29) is 11.9 Å². The van der Waals surface area contributed by atoms with Crippen LogP contribution in [0.2, 0.25) is 0 Å². The molecular weight excluding hydrogens is 314 g/mol. The molecule has 0 aliphatic carbocycles. The molecule has 2 N–H and O–H groups in total. The molecule has 2 aromatic heterocycles. The number of carbonyl (C=O) groups is 1. The van der Waals surface area contributed by atoms with Crippen molar-refractivity contribution in [1.82, 2.24) is 20.6 Å². The van der Waals surface area contributed by atoms with E-state index in [0.29, 0.717) is 13.0 Å². The lowest BCUT2D eigenvalue weighted by molar-refractivity contribution is -0.121. The van der Waals surface area contributed by atoms with Gasteiger partial charge in [0, 0.05) is 41.8 Å². The Morgan fingerprint density at radius 2 is 2.28 bits per heavy atom. The number of aliphatic imine (C=N–C) groups is 1. The molecule has 25 heavy (non-hydrogen) atoms. The van der Waals surface area contributed by atoms with E-state index in [0.717, 1.165) is 53.3 Å². The Bertz CT molecular complexity index is 839. The number of hydrogen-bond acceptors (Lipinski definition) is 5. The first-order valence-corrected chi connectivity index (χ1v) is 8.65. The van der Waals surface area contributed by atoms with E-state index in [1.54, 1.807) is 6.20 Å². The molecule has 4 rings (SSSR count). The van der Waals surface area contributed by atoms with Gasteiger partial charge in [-0.2, -0.15) is 0 Å². The first-order valence-electron chi connectivity index (χ1n) is 8.65. The monoisotopic (exact) mass is 335 g/mol. The predicted molar refractivity (Wildman–Crippen MR) is 95.7 cm³/mol. The first kappa shape index (κ1) is 15.9. The predicted octanol–water partition coefficient (Wildman–Crippen LogP) is 1.16. The summed E-state index contributed by atoms with van der Waals surface area (Å²) >= 11 is 0. The summed E-state index contributed by atoms with van der Waals surface area (Å²) in [6.07, 6.45) is 4.95. The minimum Gasteiger partial charge on any atom is -0.352 e. The second kappa shape index (κ2) is 6.72. The van der Waals surface area contributed by atoms with Gasteiger partial charge in [-0.25, -0.2) is 0 Å². The average Bonchev–Trinajstić information content (AvgIpc) is 3.24. The third-order valence-electron chi connectivity index (χ3n) is 4.65. The maximum absolute atomic E-state index is 12.2. The summed E-state index contributed by atoms with van der Waals surface area (Å²) in [6, 6.07) is 6.25. The summed E-state index contributed by atoms with van der Waals surface area (Å²) in [5, 5.41) is 6.31. The molecule has 0 saturated carbocycles. The zero-order valence-electron chi connectivity index (χ0n) is 14.2. The third-order valence-corrected chi connectivity index (χ3v) is 4.65. The number of aromatic nitrogens is 2. The Morgan fingerprint density at radius 1 is 1.36 bits per heavy atom. The highest BCUT2D eigenvalue weighted by molar-refractivity contribution is 6.15. The smallest absolute Gasteiger partial charge is 0.226 e. The number of hydrogen-bond donors (Lipinski definition) is 2. The van der Waals surface area contributed by atoms with Crippen LogP contribution in [0.25, 0.3) is 0 Å². The van der Waals surface area contributed by atoms with Crippen molar-refractivity contribution in [2.24, 2.45) is 4.99 Å². The Kier molecular flexibility index (Phi) is 4.28. The highest BCUT2D eigenvalue weighted by atomic mass is 16.1. The van der Waals surface area contributed by atoms with E-state index >= 15 is 0 Å². The Balaban J connectivity index is 1.47. The SMILES string of the molecule is Cc1cc(C2=NCc3cc(CC(=O)NC4CCNC4)ncc32)ccn1. The van der Waals surface area contributed by atoms with Gasteiger partial charge in [-0.15, -0.1) is 0 Å². The van der Waals surface area contributed by atoms with Crippen molar-refractivity contribution in [3.63, 3.8) is 0 Å². The van der Waals surface area contributed by atoms with E-state index in [1.165, 1.54) is 0 Å². The van der Waals surface area contributed by atoms with Gasteiger partial charge in [0.05, 0.1) is 24.4 Å². The molecule has 0 bridgehead atoms. The molecule has 1 saturated heterocycles. The highest BCUT2D eigenvalue weighted by Gasteiger charge is 2.20. The molecular formula is C19H21N5O. The number of amides is 1. The summed E-state index contributed by atoms with van der Waals surface area (Å²) in [5.41, 5.74) is 5.97. The molecule has 2 aliphatic heterocycles. The number of nitrogens with one attached hydrogen (secondary N) is 2. The van der Waals surface area contributed by atoms with Crippen LogP contribution in [-0.4, -0.2) is 40.7 Å². The van der Waals surface area contributed by atoms with Crippen molar-refractivity contribution in [2.75, 3.05) is 13.1 Å². The summed E-state index contributed by atoms with van der Waals surface area (Å²) in [5.74, 6) is 0.0325. The topological polar surface area (TPSA) is 79.3 Å². The van der Waals surface area contributed by atoms with Gasteiger partial charge in [0.25, 0.3) is 0 Å². The van der Waals surface area contributed by atoms with Crippen LogP contribution in [-0.2, 0) is 17.8 Å².